The zero-order valence-electron chi connectivity index (χ0n) is 15.6. The summed E-state index contributed by atoms with van der Waals surface area (Å²) in [7, 11) is 0. The normalized spacial score (nSPS) is 16.5. The van der Waals surface area contributed by atoms with E-state index >= 15 is 0 Å². The highest BCUT2D eigenvalue weighted by atomic mass is 16.5. The van der Waals surface area contributed by atoms with Crippen LogP contribution in [-0.2, 0) is 6.54 Å². The lowest BCUT2D eigenvalue weighted by molar-refractivity contribution is 0.0824. The molecular weight excluding hydrogens is 314 g/mol. The van der Waals surface area contributed by atoms with E-state index in [0.717, 1.165) is 42.9 Å². The van der Waals surface area contributed by atoms with Gasteiger partial charge in [-0.2, -0.15) is 4.98 Å². The van der Waals surface area contributed by atoms with Crippen molar-refractivity contribution < 1.29 is 9.32 Å². The van der Waals surface area contributed by atoms with Gasteiger partial charge in [0.05, 0.1) is 6.54 Å². The lowest BCUT2D eigenvalue weighted by Gasteiger charge is -2.30. The molecular formula is C20H27N3O2. The monoisotopic (exact) mass is 341 g/mol. The summed E-state index contributed by atoms with van der Waals surface area (Å²) in [5.41, 5.74) is 3.16. The van der Waals surface area contributed by atoms with Crippen LogP contribution in [0.5, 0.6) is 0 Å². The van der Waals surface area contributed by atoms with E-state index < -0.39 is 0 Å². The predicted octanol–water partition coefficient (Wildman–Crippen LogP) is 3.90. The molecule has 0 aliphatic carbocycles. The van der Waals surface area contributed by atoms with Crippen molar-refractivity contribution >= 4 is 5.78 Å². The number of aromatic nitrogens is 2. The number of likely N-dealkylation sites (tertiary alicyclic amines) is 1. The summed E-state index contributed by atoms with van der Waals surface area (Å²) in [6.45, 7) is 10.6. The van der Waals surface area contributed by atoms with Crippen molar-refractivity contribution in [3.63, 3.8) is 0 Å². The molecule has 1 aliphatic heterocycles. The van der Waals surface area contributed by atoms with Gasteiger partial charge in [0, 0.05) is 17.4 Å². The van der Waals surface area contributed by atoms with E-state index in [2.05, 4.69) is 41.9 Å². The third-order valence-corrected chi connectivity index (χ3v) is 4.96. The average Bonchev–Trinajstić information content (AvgIpc) is 3.04. The van der Waals surface area contributed by atoms with Gasteiger partial charge in [0.2, 0.25) is 5.89 Å². The Kier molecular flexibility index (Phi) is 5.33. The quantitative estimate of drug-likeness (QED) is 0.772. The van der Waals surface area contributed by atoms with E-state index in [1.807, 2.05) is 19.1 Å². The SMILES string of the molecule is Cc1ccc(C(=O)C2CCN(Cc3nc(C(C)C)no3)CC2)c(C)c1. The Morgan fingerprint density at radius 1 is 1.28 bits per heavy atom. The third-order valence-electron chi connectivity index (χ3n) is 4.96. The Balaban J connectivity index is 1.56. The van der Waals surface area contributed by atoms with E-state index in [-0.39, 0.29) is 17.6 Å². The van der Waals surface area contributed by atoms with E-state index in [1.54, 1.807) is 0 Å². The molecule has 0 saturated carbocycles. The van der Waals surface area contributed by atoms with Crippen molar-refractivity contribution in [3.8, 4) is 0 Å². The van der Waals surface area contributed by atoms with Crippen molar-refractivity contribution in [2.45, 2.75) is 53.0 Å². The Hall–Kier alpha value is -2.01. The van der Waals surface area contributed by atoms with Crippen molar-refractivity contribution in [2.24, 2.45) is 5.92 Å². The molecule has 1 aromatic heterocycles. The van der Waals surface area contributed by atoms with Gasteiger partial charge in [-0.15, -0.1) is 0 Å². The van der Waals surface area contributed by atoms with Gasteiger partial charge in [0.1, 0.15) is 0 Å². The topological polar surface area (TPSA) is 59.2 Å². The molecule has 1 aliphatic rings. The average molecular weight is 341 g/mol. The second-order valence-electron chi connectivity index (χ2n) is 7.43. The molecule has 134 valence electrons. The molecule has 1 fully saturated rings. The van der Waals surface area contributed by atoms with Crippen LogP contribution in [0, 0.1) is 19.8 Å². The molecule has 1 saturated heterocycles. The number of benzene rings is 1. The first-order chi connectivity index (χ1) is 11.9. The minimum absolute atomic E-state index is 0.117. The minimum atomic E-state index is 0.117. The van der Waals surface area contributed by atoms with Crippen LogP contribution in [0.2, 0.25) is 0 Å². The van der Waals surface area contributed by atoms with Gasteiger partial charge >= 0.3 is 0 Å². The number of rotatable bonds is 5. The van der Waals surface area contributed by atoms with Crippen LogP contribution >= 0.6 is 0 Å². The number of Topliss-reactive ketones (excluding diaryl/α,β-unsaturated/α-hetero) is 1. The molecule has 2 heterocycles. The fourth-order valence-corrected chi connectivity index (χ4v) is 3.42. The molecule has 0 amide bonds. The summed E-state index contributed by atoms with van der Waals surface area (Å²) in [5, 5.41) is 4.01. The number of carbonyl (C=O) groups excluding carboxylic acids is 1. The van der Waals surface area contributed by atoms with E-state index in [4.69, 9.17) is 4.52 Å². The number of hydrogen-bond donors (Lipinski definition) is 0. The first-order valence-corrected chi connectivity index (χ1v) is 9.10. The van der Waals surface area contributed by atoms with Gasteiger partial charge in [-0.1, -0.05) is 42.8 Å². The van der Waals surface area contributed by atoms with Crippen LogP contribution in [-0.4, -0.2) is 33.9 Å². The van der Waals surface area contributed by atoms with Crippen molar-refractivity contribution in [1.82, 2.24) is 15.0 Å². The van der Waals surface area contributed by atoms with Crippen LogP contribution in [0.1, 0.15) is 65.8 Å². The molecule has 25 heavy (non-hydrogen) atoms. The number of hydrogen-bond acceptors (Lipinski definition) is 5. The third kappa shape index (κ3) is 4.15. The summed E-state index contributed by atoms with van der Waals surface area (Å²) >= 11 is 0. The Morgan fingerprint density at radius 2 is 2.00 bits per heavy atom. The lowest BCUT2D eigenvalue weighted by atomic mass is 9.87. The van der Waals surface area contributed by atoms with Crippen molar-refractivity contribution in [2.75, 3.05) is 13.1 Å². The molecule has 2 aromatic rings. The van der Waals surface area contributed by atoms with Crippen molar-refractivity contribution in [1.29, 1.82) is 0 Å². The summed E-state index contributed by atoms with van der Waals surface area (Å²) in [5.74, 6) is 2.11. The lowest BCUT2D eigenvalue weighted by Crippen LogP contribution is -2.36. The maximum absolute atomic E-state index is 12.8. The Morgan fingerprint density at radius 3 is 2.60 bits per heavy atom. The van der Waals surface area contributed by atoms with Crippen LogP contribution in [0.3, 0.4) is 0 Å². The Labute approximate surface area is 149 Å². The standard InChI is InChI=1S/C20H27N3O2/c1-13(2)20-21-18(25-22-20)12-23-9-7-16(8-10-23)19(24)17-6-5-14(3)11-15(17)4/h5-6,11,13,16H,7-10,12H2,1-4H3. The fourth-order valence-electron chi connectivity index (χ4n) is 3.42. The predicted molar refractivity (Wildman–Crippen MR) is 96.6 cm³/mol. The van der Waals surface area contributed by atoms with E-state index in [0.29, 0.717) is 12.4 Å². The molecule has 0 N–H and O–H groups in total. The molecule has 5 heteroatoms. The molecule has 5 nitrogen and oxygen atoms in total. The Bertz CT molecular complexity index is 743. The second-order valence-corrected chi connectivity index (χ2v) is 7.43. The highest BCUT2D eigenvalue weighted by molar-refractivity contribution is 5.99. The number of nitrogens with zero attached hydrogens (tertiary/aromatic N) is 3. The number of carbonyl (C=O) groups is 1. The highest BCUT2D eigenvalue weighted by Crippen LogP contribution is 2.24. The highest BCUT2D eigenvalue weighted by Gasteiger charge is 2.27. The van der Waals surface area contributed by atoms with Crippen LogP contribution in [0.15, 0.2) is 22.7 Å². The van der Waals surface area contributed by atoms with Gasteiger partial charge in [-0.05, 0) is 45.3 Å². The van der Waals surface area contributed by atoms with E-state index in [1.165, 1.54) is 5.56 Å². The number of piperidine rings is 1. The van der Waals surface area contributed by atoms with E-state index in [9.17, 15) is 4.79 Å². The van der Waals surface area contributed by atoms with Crippen LogP contribution in [0.4, 0.5) is 0 Å². The molecule has 0 unspecified atom stereocenters. The second kappa shape index (κ2) is 7.48. The van der Waals surface area contributed by atoms with Gasteiger partial charge < -0.3 is 4.52 Å². The van der Waals surface area contributed by atoms with Gasteiger partial charge in [-0.3, -0.25) is 9.69 Å². The molecule has 0 spiro atoms. The number of aryl methyl sites for hydroxylation is 2. The van der Waals surface area contributed by atoms with Gasteiger partial charge in [-0.25, -0.2) is 0 Å². The number of ketones is 1. The van der Waals surface area contributed by atoms with Gasteiger partial charge in [0.25, 0.3) is 0 Å². The molecule has 0 radical (unpaired) electrons. The molecule has 0 bridgehead atoms. The maximum Gasteiger partial charge on any atom is 0.240 e. The summed E-state index contributed by atoms with van der Waals surface area (Å²) in [6, 6.07) is 6.09. The fraction of sp³-hybridized carbons (Fsp3) is 0.550. The molecule has 0 atom stereocenters. The largest absolute Gasteiger partial charge is 0.338 e. The first-order valence-electron chi connectivity index (χ1n) is 9.10. The summed E-state index contributed by atoms with van der Waals surface area (Å²) in [4.78, 5) is 19.5. The molecule has 3 rings (SSSR count). The molecule has 1 aromatic carbocycles. The van der Waals surface area contributed by atoms with Gasteiger partial charge in [0.15, 0.2) is 11.6 Å². The summed E-state index contributed by atoms with van der Waals surface area (Å²) < 4.78 is 5.33. The van der Waals surface area contributed by atoms with Crippen LogP contribution in [0.25, 0.3) is 0 Å². The van der Waals surface area contributed by atoms with Crippen LogP contribution < -0.4 is 0 Å². The smallest absolute Gasteiger partial charge is 0.240 e. The maximum atomic E-state index is 12.8. The van der Waals surface area contributed by atoms with Crippen molar-refractivity contribution in [3.05, 3.63) is 46.6 Å². The zero-order valence-corrected chi connectivity index (χ0v) is 15.6. The summed E-state index contributed by atoms with van der Waals surface area (Å²) in [6.07, 6.45) is 1.77. The zero-order chi connectivity index (χ0) is 18.0. The first kappa shape index (κ1) is 17.8. The minimum Gasteiger partial charge on any atom is -0.338 e.